The molecule has 0 aliphatic heterocycles. The molecule has 0 radical (unpaired) electrons. The molecule has 0 fully saturated rings. The number of hydrogen-bond acceptors (Lipinski definition) is 2. The third kappa shape index (κ3) is 2.04. The minimum Gasteiger partial charge on any atom is -0.478 e. The highest BCUT2D eigenvalue weighted by Gasteiger charge is 2.10. The number of rotatable bonds is 2. The fraction of sp³-hybridized carbons (Fsp3) is 0. The second-order valence-corrected chi connectivity index (χ2v) is 3.63. The van der Waals surface area contributed by atoms with Crippen LogP contribution in [0.25, 0.3) is 11.3 Å². The molecule has 0 aliphatic rings. The lowest BCUT2D eigenvalue weighted by molar-refractivity contribution is 0.0696. The number of carbonyl (C=O) groups is 1. The molecule has 0 aliphatic carbocycles. The summed E-state index contributed by atoms with van der Waals surface area (Å²) in [4.78, 5) is 14.8. The van der Waals surface area contributed by atoms with Gasteiger partial charge in [0, 0.05) is 11.8 Å². The zero-order chi connectivity index (χ0) is 11.5. The zero-order valence-corrected chi connectivity index (χ0v) is 8.98. The van der Waals surface area contributed by atoms with Crippen molar-refractivity contribution in [1.82, 2.24) is 4.98 Å². The Balaban J connectivity index is 2.46. The Morgan fingerprint density at radius 3 is 2.50 bits per heavy atom. The third-order valence-electron chi connectivity index (χ3n) is 2.15. The van der Waals surface area contributed by atoms with Gasteiger partial charge in [-0.2, -0.15) is 0 Å². The largest absolute Gasteiger partial charge is 0.478 e. The van der Waals surface area contributed by atoms with Gasteiger partial charge >= 0.3 is 5.97 Å². The molecule has 1 aromatic heterocycles. The van der Waals surface area contributed by atoms with E-state index >= 15 is 0 Å². The molecule has 0 saturated heterocycles. The van der Waals surface area contributed by atoms with Crippen LogP contribution in [-0.2, 0) is 0 Å². The third-order valence-corrected chi connectivity index (χ3v) is 2.47. The van der Waals surface area contributed by atoms with Gasteiger partial charge in [-0.25, -0.2) is 4.79 Å². The highest BCUT2D eigenvalue weighted by molar-refractivity contribution is 6.33. The first-order valence-corrected chi connectivity index (χ1v) is 5.00. The van der Waals surface area contributed by atoms with Gasteiger partial charge in [0.25, 0.3) is 0 Å². The molecule has 16 heavy (non-hydrogen) atoms. The standard InChI is InChI=1S/C12H8ClNO2/c13-10-6-11(8-4-2-1-3-5-8)14-7-9(10)12(15)16/h1-7H,(H,15,16). The van der Waals surface area contributed by atoms with Crippen molar-refractivity contribution < 1.29 is 9.90 Å². The molecule has 0 unspecified atom stereocenters. The van der Waals surface area contributed by atoms with Crippen molar-refractivity contribution in [2.45, 2.75) is 0 Å². The van der Waals surface area contributed by atoms with Crippen LogP contribution in [0.1, 0.15) is 10.4 Å². The predicted molar refractivity (Wildman–Crippen MR) is 61.6 cm³/mol. The van der Waals surface area contributed by atoms with Crippen LogP contribution in [0.15, 0.2) is 42.6 Å². The number of halogens is 1. The number of benzene rings is 1. The van der Waals surface area contributed by atoms with Gasteiger partial charge in [0.1, 0.15) is 0 Å². The van der Waals surface area contributed by atoms with Gasteiger partial charge in [0.05, 0.1) is 16.3 Å². The molecular weight excluding hydrogens is 226 g/mol. The number of pyridine rings is 1. The summed E-state index contributed by atoms with van der Waals surface area (Å²) in [5.74, 6) is -1.07. The summed E-state index contributed by atoms with van der Waals surface area (Å²) in [5, 5.41) is 9.00. The lowest BCUT2D eigenvalue weighted by atomic mass is 10.1. The fourth-order valence-electron chi connectivity index (χ4n) is 1.35. The number of aromatic carboxylic acids is 1. The monoisotopic (exact) mass is 233 g/mol. The second kappa shape index (κ2) is 4.33. The minimum absolute atomic E-state index is 0.0151. The summed E-state index contributed by atoms with van der Waals surface area (Å²) >= 11 is 5.85. The van der Waals surface area contributed by atoms with E-state index in [1.807, 2.05) is 30.3 Å². The van der Waals surface area contributed by atoms with Gasteiger partial charge < -0.3 is 5.11 Å². The Morgan fingerprint density at radius 1 is 1.25 bits per heavy atom. The van der Waals surface area contributed by atoms with E-state index in [0.717, 1.165) is 5.56 Å². The molecular formula is C12H8ClNO2. The Hall–Kier alpha value is -1.87. The Kier molecular flexibility index (Phi) is 2.88. The number of carboxylic acids is 1. The number of carboxylic acid groups (broad SMARTS) is 1. The van der Waals surface area contributed by atoms with Crippen LogP contribution in [0, 0.1) is 0 Å². The molecule has 3 nitrogen and oxygen atoms in total. The lowest BCUT2D eigenvalue weighted by Gasteiger charge is -2.03. The maximum atomic E-state index is 10.7. The Morgan fingerprint density at radius 2 is 1.94 bits per heavy atom. The SMILES string of the molecule is O=C(O)c1cnc(-c2ccccc2)cc1Cl. The van der Waals surface area contributed by atoms with E-state index in [2.05, 4.69) is 4.98 Å². The minimum atomic E-state index is -1.07. The molecule has 0 saturated carbocycles. The molecule has 0 bridgehead atoms. The van der Waals surface area contributed by atoms with E-state index in [1.54, 1.807) is 6.07 Å². The van der Waals surface area contributed by atoms with E-state index in [1.165, 1.54) is 6.20 Å². The van der Waals surface area contributed by atoms with Crippen molar-refractivity contribution in [1.29, 1.82) is 0 Å². The van der Waals surface area contributed by atoms with Crippen molar-refractivity contribution in [3.05, 3.63) is 53.2 Å². The van der Waals surface area contributed by atoms with Gasteiger partial charge in [-0.3, -0.25) is 4.98 Å². The van der Waals surface area contributed by atoms with Crippen LogP contribution in [-0.4, -0.2) is 16.1 Å². The van der Waals surface area contributed by atoms with Gasteiger partial charge in [0.15, 0.2) is 0 Å². The Bertz CT molecular complexity index is 526. The van der Waals surface area contributed by atoms with Crippen LogP contribution in [0.3, 0.4) is 0 Å². The van der Waals surface area contributed by atoms with Crippen LogP contribution >= 0.6 is 11.6 Å². The first-order valence-electron chi connectivity index (χ1n) is 4.63. The summed E-state index contributed by atoms with van der Waals surface area (Å²) in [6.07, 6.45) is 1.27. The summed E-state index contributed by atoms with van der Waals surface area (Å²) in [7, 11) is 0. The molecule has 80 valence electrons. The quantitative estimate of drug-likeness (QED) is 0.867. The van der Waals surface area contributed by atoms with E-state index in [4.69, 9.17) is 16.7 Å². The molecule has 0 atom stereocenters. The van der Waals surface area contributed by atoms with Crippen molar-refractivity contribution in [3.8, 4) is 11.3 Å². The summed E-state index contributed by atoms with van der Waals surface area (Å²) in [6.45, 7) is 0. The smallest absolute Gasteiger partial charge is 0.338 e. The molecule has 0 amide bonds. The molecule has 4 heteroatoms. The molecule has 1 N–H and O–H groups in total. The van der Waals surface area contributed by atoms with E-state index in [-0.39, 0.29) is 10.6 Å². The van der Waals surface area contributed by atoms with E-state index in [9.17, 15) is 4.79 Å². The molecule has 1 heterocycles. The fourth-order valence-corrected chi connectivity index (χ4v) is 1.59. The second-order valence-electron chi connectivity index (χ2n) is 3.22. The van der Waals surface area contributed by atoms with E-state index in [0.29, 0.717) is 5.69 Å². The van der Waals surface area contributed by atoms with Crippen molar-refractivity contribution in [3.63, 3.8) is 0 Å². The van der Waals surface area contributed by atoms with Crippen LogP contribution in [0.5, 0.6) is 0 Å². The molecule has 1 aromatic carbocycles. The van der Waals surface area contributed by atoms with Gasteiger partial charge in [-0.15, -0.1) is 0 Å². The molecule has 0 spiro atoms. The van der Waals surface area contributed by atoms with Crippen LogP contribution in [0.4, 0.5) is 0 Å². The summed E-state index contributed by atoms with van der Waals surface area (Å²) in [5.41, 5.74) is 1.58. The normalized spacial score (nSPS) is 10.1. The summed E-state index contributed by atoms with van der Waals surface area (Å²) < 4.78 is 0. The first kappa shape index (κ1) is 10.6. The number of nitrogens with zero attached hydrogens (tertiary/aromatic N) is 1. The lowest BCUT2D eigenvalue weighted by Crippen LogP contribution is -1.99. The van der Waals surface area contributed by atoms with Crippen molar-refractivity contribution in [2.24, 2.45) is 0 Å². The predicted octanol–water partition coefficient (Wildman–Crippen LogP) is 3.10. The number of hydrogen-bond donors (Lipinski definition) is 1. The maximum Gasteiger partial charge on any atom is 0.338 e. The average molecular weight is 234 g/mol. The number of aromatic nitrogens is 1. The summed E-state index contributed by atoms with van der Waals surface area (Å²) in [6, 6.07) is 11.0. The van der Waals surface area contributed by atoms with Gasteiger partial charge in [-0.05, 0) is 6.07 Å². The van der Waals surface area contributed by atoms with Crippen LogP contribution < -0.4 is 0 Å². The van der Waals surface area contributed by atoms with Crippen molar-refractivity contribution >= 4 is 17.6 Å². The maximum absolute atomic E-state index is 10.7. The first-order chi connectivity index (χ1) is 7.68. The highest BCUT2D eigenvalue weighted by atomic mass is 35.5. The van der Waals surface area contributed by atoms with Crippen LogP contribution in [0.2, 0.25) is 5.02 Å². The van der Waals surface area contributed by atoms with E-state index < -0.39 is 5.97 Å². The average Bonchev–Trinajstić information content (AvgIpc) is 2.29. The zero-order valence-electron chi connectivity index (χ0n) is 8.22. The molecule has 2 aromatic rings. The Labute approximate surface area is 97.3 Å². The highest BCUT2D eigenvalue weighted by Crippen LogP contribution is 2.22. The molecule has 2 rings (SSSR count). The van der Waals surface area contributed by atoms with Crippen molar-refractivity contribution in [2.75, 3.05) is 0 Å². The van der Waals surface area contributed by atoms with Gasteiger partial charge in [-0.1, -0.05) is 41.9 Å². The topological polar surface area (TPSA) is 50.2 Å². The van der Waals surface area contributed by atoms with Gasteiger partial charge in [0.2, 0.25) is 0 Å².